The average Bonchev–Trinajstić information content (AvgIpc) is 3.22. The molecule has 2 heterocycles. The summed E-state index contributed by atoms with van der Waals surface area (Å²) in [5, 5.41) is 7.63. The van der Waals surface area contributed by atoms with Crippen LogP contribution in [-0.2, 0) is 12.1 Å². The summed E-state index contributed by atoms with van der Waals surface area (Å²) in [6, 6.07) is 5.76. The average molecular weight is 385 g/mol. The number of urea groups is 1. The van der Waals surface area contributed by atoms with E-state index in [0.29, 0.717) is 23.5 Å². The molecular weight excluding hydrogens is 361 g/mol. The van der Waals surface area contributed by atoms with Crippen molar-refractivity contribution < 1.29 is 14.0 Å². The topological polar surface area (TPSA) is 93.2 Å². The van der Waals surface area contributed by atoms with Crippen molar-refractivity contribution in [2.75, 3.05) is 6.54 Å². The van der Waals surface area contributed by atoms with Gasteiger partial charge in [0.2, 0.25) is 0 Å². The van der Waals surface area contributed by atoms with Crippen LogP contribution in [0.1, 0.15) is 49.7 Å². The molecule has 2 aromatic rings. The normalized spacial score (nSPS) is 17.4. The standard InChI is InChI=1S/C20H24FN5O2/c1-19(2,3)23-18(28)25-10-14-15(17(22)27)16(12-5-4-6-13(21)9-12)24-26(14)20(11-25)7-8-20/h4-6,9H,7-8,10-11H2,1-3H3,(H2,22,27)(H,23,28). The number of nitrogens with two attached hydrogens (primary N) is 1. The van der Waals surface area contributed by atoms with Gasteiger partial charge in [0.25, 0.3) is 5.91 Å². The van der Waals surface area contributed by atoms with Crippen LogP contribution in [0.2, 0.25) is 0 Å². The highest BCUT2D eigenvalue weighted by atomic mass is 19.1. The van der Waals surface area contributed by atoms with Crippen LogP contribution in [-0.4, -0.2) is 38.7 Å². The van der Waals surface area contributed by atoms with Crippen molar-refractivity contribution >= 4 is 11.9 Å². The van der Waals surface area contributed by atoms with Gasteiger partial charge in [0.05, 0.1) is 23.3 Å². The summed E-state index contributed by atoms with van der Waals surface area (Å²) in [6.45, 7) is 6.50. The first-order valence-corrected chi connectivity index (χ1v) is 9.35. The molecular formula is C20H24FN5O2. The Labute approximate surface area is 162 Å². The first-order valence-electron chi connectivity index (χ1n) is 9.35. The molecule has 148 valence electrons. The van der Waals surface area contributed by atoms with E-state index in [1.165, 1.54) is 12.1 Å². The Morgan fingerprint density at radius 2 is 2.00 bits per heavy atom. The lowest BCUT2D eigenvalue weighted by Gasteiger charge is -2.36. The van der Waals surface area contributed by atoms with Gasteiger partial charge in [-0.2, -0.15) is 5.10 Å². The Kier molecular flexibility index (Phi) is 3.99. The summed E-state index contributed by atoms with van der Waals surface area (Å²) in [5.74, 6) is -1.04. The zero-order valence-electron chi connectivity index (χ0n) is 16.3. The maximum Gasteiger partial charge on any atom is 0.318 e. The molecule has 7 nitrogen and oxygen atoms in total. The highest BCUT2D eigenvalue weighted by molar-refractivity contribution is 6.00. The van der Waals surface area contributed by atoms with E-state index in [9.17, 15) is 14.0 Å². The van der Waals surface area contributed by atoms with Crippen molar-refractivity contribution in [2.24, 2.45) is 5.73 Å². The number of rotatable bonds is 2. The van der Waals surface area contributed by atoms with Gasteiger partial charge in [-0.05, 0) is 45.7 Å². The van der Waals surface area contributed by atoms with Crippen LogP contribution in [0.25, 0.3) is 11.3 Å². The van der Waals surface area contributed by atoms with Gasteiger partial charge in [-0.3, -0.25) is 9.48 Å². The smallest absolute Gasteiger partial charge is 0.318 e. The first kappa shape index (κ1) is 18.5. The van der Waals surface area contributed by atoms with Gasteiger partial charge >= 0.3 is 6.03 Å². The van der Waals surface area contributed by atoms with Crippen molar-refractivity contribution in [1.29, 1.82) is 0 Å². The van der Waals surface area contributed by atoms with Crippen LogP contribution in [0.5, 0.6) is 0 Å². The van der Waals surface area contributed by atoms with Crippen molar-refractivity contribution in [3.8, 4) is 11.3 Å². The quantitative estimate of drug-likeness (QED) is 0.832. The lowest BCUT2D eigenvalue weighted by molar-refractivity contribution is 0.0995. The molecule has 3 N–H and O–H groups in total. The third-order valence-electron chi connectivity index (χ3n) is 5.20. The molecule has 0 saturated heterocycles. The van der Waals surface area contributed by atoms with Gasteiger partial charge in [-0.25, -0.2) is 9.18 Å². The summed E-state index contributed by atoms with van der Waals surface area (Å²) < 4.78 is 15.6. The maximum atomic E-state index is 13.7. The second kappa shape index (κ2) is 6.05. The van der Waals surface area contributed by atoms with E-state index >= 15 is 0 Å². The second-order valence-electron chi connectivity index (χ2n) is 8.72. The van der Waals surface area contributed by atoms with Crippen LogP contribution >= 0.6 is 0 Å². The van der Waals surface area contributed by atoms with Gasteiger partial charge < -0.3 is 16.0 Å². The number of nitrogens with zero attached hydrogens (tertiary/aromatic N) is 3. The second-order valence-corrected chi connectivity index (χ2v) is 8.72. The van der Waals surface area contributed by atoms with Crippen molar-refractivity contribution in [2.45, 2.75) is 51.2 Å². The molecule has 4 rings (SSSR count). The molecule has 0 radical (unpaired) electrons. The number of hydrogen-bond acceptors (Lipinski definition) is 3. The van der Waals surface area contributed by atoms with E-state index in [1.807, 2.05) is 25.5 Å². The van der Waals surface area contributed by atoms with Gasteiger partial charge in [0.1, 0.15) is 11.5 Å². The molecule has 1 aliphatic carbocycles. The molecule has 0 atom stereocenters. The summed E-state index contributed by atoms with van der Waals surface area (Å²) in [7, 11) is 0. The van der Waals surface area contributed by atoms with Crippen LogP contribution in [0.4, 0.5) is 9.18 Å². The van der Waals surface area contributed by atoms with Crippen molar-refractivity contribution in [1.82, 2.24) is 20.0 Å². The highest BCUT2D eigenvalue weighted by Crippen LogP contribution is 2.48. The van der Waals surface area contributed by atoms with E-state index in [4.69, 9.17) is 5.73 Å². The van der Waals surface area contributed by atoms with Crippen LogP contribution in [0.3, 0.4) is 0 Å². The molecule has 1 fully saturated rings. The first-order chi connectivity index (χ1) is 13.1. The molecule has 1 saturated carbocycles. The van der Waals surface area contributed by atoms with E-state index < -0.39 is 11.7 Å². The number of amides is 3. The van der Waals surface area contributed by atoms with Crippen molar-refractivity contribution in [3.63, 3.8) is 0 Å². The van der Waals surface area contributed by atoms with Crippen LogP contribution < -0.4 is 11.1 Å². The van der Waals surface area contributed by atoms with E-state index in [0.717, 1.165) is 12.8 Å². The Balaban J connectivity index is 1.79. The third kappa shape index (κ3) is 3.12. The molecule has 1 aromatic heterocycles. The summed E-state index contributed by atoms with van der Waals surface area (Å²) >= 11 is 0. The highest BCUT2D eigenvalue weighted by Gasteiger charge is 2.52. The zero-order chi connectivity index (χ0) is 20.3. The maximum absolute atomic E-state index is 13.7. The SMILES string of the molecule is CC(C)(C)NC(=O)N1Cc2c(C(N)=O)c(-c3cccc(F)c3)nn2C2(CC2)C1. The Bertz CT molecular complexity index is 971. The predicted octanol–water partition coefficient (Wildman–Crippen LogP) is 2.60. The zero-order valence-corrected chi connectivity index (χ0v) is 16.3. The Hall–Kier alpha value is -2.90. The minimum Gasteiger partial charge on any atom is -0.365 e. The monoisotopic (exact) mass is 385 g/mol. The van der Waals surface area contributed by atoms with Crippen molar-refractivity contribution in [3.05, 3.63) is 41.3 Å². The lowest BCUT2D eigenvalue weighted by Crippen LogP contribution is -2.53. The van der Waals surface area contributed by atoms with Gasteiger partial charge in [-0.15, -0.1) is 0 Å². The van der Waals surface area contributed by atoms with E-state index in [1.54, 1.807) is 17.0 Å². The largest absolute Gasteiger partial charge is 0.365 e. The van der Waals surface area contributed by atoms with Gasteiger partial charge in [0.15, 0.2) is 0 Å². The number of fused-ring (bicyclic) bond motifs is 2. The minimum absolute atomic E-state index is 0.186. The molecule has 1 aromatic carbocycles. The number of carbonyl (C=O) groups excluding carboxylic acids is 2. The number of aromatic nitrogens is 2. The molecule has 28 heavy (non-hydrogen) atoms. The van der Waals surface area contributed by atoms with Crippen LogP contribution in [0, 0.1) is 5.82 Å². The van der Waals surface area contributed by atoms with E-state index in [-0.39, 0.29) is 29.2 Å². The van der Waals surface area contributed by atoms with Crippen LogP contribution in [0.15, 0.2) is 24.3 Å². The molecule has 0 bridgehead atoms. The third-order valence-corrected chi connectivity index (χ3v) is 5.20. The summed E-state index contributed by atoms with van der Waals surface area (Å²) in [4.78, 5) is 26.8. The number of carbonyl (C=O) groups is 2. The predicted molar refractivity (Wildman–Crippen MR) is 102 cm³/mol. The molecule has 2 aliphatic rings. The van der Waals surface area contributed by atoms with Gasteiger partial charge in [0, 0.05) is 17.6 Å². The number of hydrogen-bond donors (Lipinski definition) is 2. The summed E-state index contributed by atoms with van der Waals surface area (Å²) in [5.41, 5.74) is 6.72. The van der Waals surface area contributed by atoms with E-state index in [2.05, 4.69) is 10.4 Å². The molecule has 3 amide bonds. The molecule has 8 heteroatoms. The Morgan fingerprint density at radius 3 is 2.57 bits per heavy atom. The fraction of sp³-hybridized carbons (Fsp3) is 0.450. The number of benzene rings is 1. The fourth-order valence-electron chi connectivity index (χ4n) is 3.80. The summed E-state index contributed by atoms with van der Waals surface area (Å²) in [6.07, 6.45) is 1.73. The lowest BCUT2D eigenvalue weighted by atomic mass is 10.0. The minimum atomic E-state index is -0.630. The molecule has 1 spiro atoms. The number of primary amides is 1. The molecule has 0 unspecified atom stereocenters. The number of nitrogens with one attached hydrogen (secondary N) is 1. The molecule has 1 aliphatic heterocycles. The fourth-order valence-corrected chi connectivity index (χ4v) is 3.80. The van der Waals surface area contributed by atoms with Gasteiger partial charge in [-0.1, -0.05) is 12.1 Å². The Morgan fingerprint density at radius 1 is 1.29 bits per heavy atom. The number of halogens is 1.